The van der Waals surface area contributed by atoms with E-state index in [1.165, 1.54) is 18.2 Å². The zero-order chi connectivity index (χ0) is 17.3. The molecule has 0 saturated carbocycles. The number of hydrogen-bond acceptors (Lipinski definition) is 4. The SMILES string of the molecule is O=C([O-])c1cccc(NS(=O)(=O)c2ccc(C(F)(F)F)cc2)c1. The van der Waals surface area contributed by atoms with Gasteiger partial charge in [-0.25, -0.2) is 8.42 Å². The molecule has 0 spiro atoms. The van der Waals surface area contributed by atoms with Gasteiger partial charge in [-0.05, 0) is 42.0 Å². The molecular formula is C14H9F3NO4S-. The van der Waals surface area contributed by atoms with Gasteiger partial charge < -0.3 is 9.90 Å². The van der Waals surface area contributed by atoms with Crippen LogP contribution in [0.15, 0.2) is 53.4 Å². The van der Waals surface area contributed by atoms with E-state index in [-0.39, 0.29) is 16.1 Å². The highest BCUT2D eigenvalue weighted by molar-refractivity contribution is 7.92. The Morgan fingerprint density at radius 1 is 1.04 bits per heavy atom. The average Bonchev–Trinajstić information content (AvgIpc) is 2.46. The van der Waals surface area contributed by atoms with Crippen LogP contribution in [0.2, 0.25) is 0 Å². The summed E-state index contributed by atoms with van der Waals surface area (Å²) in [4.78, 5) is 10.3. The number of sulfonamides is 1. The second-order valence-electron chi connectivity index (χ2n) is 4.50. The van der Waals surface area contributed by atoms with E-state index in [1.54, 1.807) is 0 Å². The van der Waals surface area contributed by atoms with Crippen molar-refractivity contribution in [2.75, 3.05) is 4.72 Å². The molecule has 2 aromatic carbocycles. The second kappa shape index (κ2) is 5.92. The van der Waals surface area contributed by atoms with Crippen molar-refractivity contribution in [3.63, 3.8) is 0 Å². The standard InChI is InChI=1S/C14H10F3NO4S/c15-14(16,17)10-4-6-12(7-5-10)23(21,22)18-11-3-1-2-9(8-11)13(19)20/h1-8,18H,(H,19,20)/p-1. The van der Waals surface area contributed by atoms with E-state index in [9.17, 15) is 31.5 Å². The van der Waals surface area contributed by atoms with Crippen LogP contribution >= 0.6 is 0 Å². The largest absolute Gasteiger partial charge is 0.545 e. The zero-order valence-corrected chi connectivity index (χ0v) is 12.1. The quantitative estimate of drug-likeness (QED) is 0.917. The number of rotatable bonds is 4. The number of benzene rings is 2. The molecule has 0 atom stereocenters. The lowest BCUT2D eigenvalue weighted by molar-refractivity contribution is -0.255. The van der Waals surface area contributed by atoms with Crippen LogP contribution in [0.25, 0.3) is 0 Å². The highest BCUT2D eigenvalue weighted by atomic mass is 32.2. The van der Waals surface area contributed by atoms with Crippen LogP contribution in [-0.2, 0) is 16.2 Å². The summed E-state index contributed by atoms with van der Waals surface area (Å²) in [5.41, 5.74) is -1.26. The summed E-state index contributed by atoms with van der Waals surface area (Å²) >= 11 is 0. The number of anilines is 1. The van der Waals surface area contributed by atoms with Crippen molar-refractivity contribution in [3.8, 4) is 0 Å². The molecule has 0 aliphatic carbocycles. The summed E-state index contributed by atoms with van der Waals surface area (Å²) in [6, 6.07) is 7.77. The van der Waals surface area contributed by atoms with Gasteiger partial charge in [0.1, 0.15) is 0 Å². The van der Waals surface area contributed by atoms with Gasteiger partial charge in [-0.1, -0.05) is 12.1 Å². The molecule has 2 rings (SSSR count). The number of alkyl halides is 3. The second-order valence-corrected chi connectivity index (χ2v) is 6.18. The third-order valence-corrected chi connectivity index (χ3v) is 4.24. The Balaban J connectivity index is 2.29. The third-order valence-electron chi connectivity index (χ3n) is 2.84. The number of hydrogen-bond donors (Lipinski definition) is 1. The summed E-state index contributed by atoms with van der Waals surface area (Å²) in [6.07, 6.45) is -4.57. The fraction of sp³-hybridized carbons (Fsp3) is 0.0714. The summed E-state index contributed by atoms with van der Waals surface area (Å²) < 4.78 is 63.6. The van der Waals surface area contributed by atoms with E-state index in [2.05, 4.69) is 4.72 Å². The molecule has 2 aromatic rings. The highest BCUT2D eigenvalue weighted by Gasteiger charge is 2.30. The van der Waals surface area contributed by atoms with Crippen LogP contribution < -0.4 is 9.83 Å². The van der Waals surface area contributed by atoms with Crippen molar-refractivity contribution in [1.29, 1.82) is 0 Å². The van der Waals surface area contributed by atoms with Gasteiger partial charge in [0.15, 0.2) is 0 Å². The number of carboxylic acids is 1. The minimum absolute atomic E-state index is 0.0494. The molecule has 0 aliphatic rings. The van der Waals surface area contributed by atoms with Crippen molar-refractivity contribution in [1.82, 2.24) is 0 Å². The number of halogens is 3. The predicted octanol–water partition coefficient (Wildman–Crippen LogP) is 1.87. The minimum atomic E-state index is -4.57. The fourth-order valence-electron chi connectivity index (χ4n) is 1.75. The first-order valence-electron chi connectivity index (χ1n) is 6.11. The van der Waals surface area contributed by atoms with E-state index in [0.717, 1.165) is 18.2 Å². The molecule has 23 heavy (non-hydrogen) atoms. The molecule has 9 heteroatoms. The number of carbonyl (C=O) groups is 1. The van der Waals surface area contributed by atoms with Crippen LogP contribution in [0.1, 0.15) is 15.9 Å². The smallest absolute Gasteiger partial charge is 0.416 e. The van der Waals surface area contributed by atoms with E-state index in [4.69, 9.17) is 0 Å². The van der Waals surface area contributed by atoms with E-state index in [1.807, 2.05) is 0 Å². The first-order valence-corrected chi connectivity index (χ1v) is 7.59. The number of carboxylic acid groups (broad SMARTS) is 1. The van der Waals surface area contributed by atoms with Gasteiger partial charge in [0.2, 0.25) is 0 Å². The molecular weight excluding hydrogens is 335 g/mol. The van der Waals surface area contributed by atoms with Crippen molar-refractivity contribution < 1.29 is 31.5 Å². The lowest BCUT2D eigenvalue weighted by atomic mass is 10.2. The molecule has 1 N–H and O–H groups in total. The summed E-state index contributed by atoms with van der Waals surface area (Å²) in [6.45, 7) is 0. The molecule has 0 amide bonds. The maximum Gasteiger partial charge on any atom is 0.416 e. The average molecular weight is 344 g/mol. The topological polar surface area (TPSA) is 86.3 Å². The molecule has 122 valence electrons. The minimum Gasteiger partial charge on any atom is -0.545 e. The first-order chi connectivity index (χ1) is 10.6. The lowest BCUT2D eigenvalue weighted by Gasteiger charge is -2.11. The van der Waals surface area contributed by atoms with Crippen LogP contribution in [-0.4, -0.2) is 14.4 Å². The zero-order valence-electron chi connectivity index (χ0n) is 11.3. The van der Waals surface area contributed by atoms with Crippen LogP contribution in [0.4, 0.5) is 18.9 Å². The Kier molecular flexibility index (Phi) is 4.33. The van der Waals surface area contributed by atoms with Gasteiger partial charge in [-0.2, -0.15) is 13.2 Å². The van der Waals surface area contributed by atoms with Gasteiger partial charge in [0.05, 0.1) is 16.4 Å². The van der Waals surface area contributed by atoms with E-state index in [0.29, 0.717) is 12.1 Å². The molecule has 0 aliphatic heterocycles. The molecule has 0 saturated heterocycles. The van der Waals surface area contributed by atoms with Crippen molar-refractivity contribution >= 4 is 21.7 Å². The Hall–Kier alpha value is -2.55. The van der Waals surface area contributed by atoms with E-state index < -0.39 is 27.7 Å². The summed E-state index contributed by atoms with van der Waals surface area (Å²) in [5.74, 6) is -1.49. The molecule has 0 radical (unpaired) electrons. The fourth-order valence-corrected chi connectivity index (χ4v) is 2.80. The monoisotopic (exact) mass is 344 g/mol. The van der Waals surface area contributed by atoms with Crippen LogP contribution in [0.5, 0.6) is 0 Å². The molecule has 5 nitrogen and oxygen atoms in total. The highest BCUT2D eigenvalue weighted by Crippen LogP contribution is 2.30. The van der Waals surface area contributed by atoms with Crippen molar-refractivity contribution in [3.05, 3.63) is 59.7 Å². The third kappa shape index (κ3) is 4.01. The van der Waals surface area contributed by atoms with Crippen molar-refractivity contribution in [2.45, 2.75) is 11.1 Å². The molecule has 0 heterocycles. The predicted molar refractivity (Wildman–Crippen MR) is 73.0 cm³/mol. The van der Waals surface area contributed by atoms with Crippen molar-refractivity contribution in [2.24, 2.45) is 0 Å². The van der Waals surface area contributed by atoms with Gasteiger partial charge in [-0.3, -0.25) is 4.72 Å². The Morgan fingerprint density at radius 3 is 2.17 bits per heavy atom. The van der Waals surface area contributed by atoms with Gasteiger partial charge in [0.25, 0.3) is 10.0 Å². The Morgan fingerprint density at radius 2 is 1.65 bits per heavy atom. The number of carbonyl (C=O) groups excluding carboxylic acids is 1. The first kappa shape index (κ1) is 16.8. The number of nitrogens with one attached hydrogen (secondary N) is 1. The summed E-state index contributed by atoms with van der Waals surface area (Å²) in [5, 5.41) is 10.7. The molecule has 0 bridgehead atoms. The van der Waals surface area contributed by atoms with Crippen LogP contribution in [0.3, 0.4) is 0 Å². The Labute approximate surface area is 129 Å². The molecule has 0 fully saturated rings. The normalized spacial score (nSPS) is 12.0. The van der Waals surface area contributed by atoms with Gasteiger partial charge >= 0.3 is 6.18 Å². The lowest BCUT2D eigenvalue weighted by Crippen LogP contribution is -2.22. The van der Waals surface area contributed by atoms with Crippen LogP contribution in [0, 0.1) is 0 Å². The molecule has 0 unspecified atom stereocenters. The maximum absolute atomic E-state index is 12.5. The maximum atomic E-state index is 12.5. The van der Waals surface area contributed by atoms with E-state index >= 15 is 0 Å². The van der Waals surface area contributed by atoms with Gasteiger partial charge in [-0.15, -0.1) is 0 Å². The Bertz CT molecular complexity index is 830. The summed E-state index contributed by atoms with van der Waals surface area (Å²) in [7, 11) is -4.15. The number of aromatic carboxylic acids is 1. The molecule has 0 aromatic heterocycles. The van der Waals surface area contributed by atoms with Gasteiger partial charge in [0, 0.05) is 5.69 Å².